The number of hydrogen-bond donors (Lipinski definition) is 3. The Hall–Kier alpha value is -4.39. The number of pyridine rings is 2. The maximum Gasteiger partial charge on any atom is 0.251 e. The van der Waals surface area contributed by atoms with E-state index in [0.717, 1.165) is 33.7 Å². The van der Waals surface area contributed by atoms with Gasteiger partial charge in [0, 0.05) is 41.5 Å². The molecule has 0 atom stereocenters. The monoisotopic (exact) mass is 468 g/mol. The minimum Gasteiger partial charge on any atom is -0.493 e. The number of aromatic nitrogens is 2. The minimum atomic E-state index is -0.207. The highest BCUT2D eigenvalue weighted by Crippen LogP contribution is 2.24. The molecule has 0 fully saturated rings. The number of amides is 1. The summed E-state index contributed by atoms with van der Waals surface area (Å²) in [5, 5.41) is 12.9. The number of anilines is 1. The number of benzene rings is 2. The Morgan fingerprint density at radius 1 is 1.03 bits per heavy atom. The smallest absolute Gasteiger partial charge is 0.251 e. The van der Waals surface area contributed by atoms with Gasteiger partial charge in [-0.15, -0.1) is 0 Å². The van der Waals surface area contributed by atoms with Gasteiger partial charge in [0.05, 0.1) is 6.61 Å². The molecule has 35 heavy (non-hydrogen) atoms. The lowest BCUT2D eigenvalue weighted by molar-refractivity contribution is 0.0950. The number of nitrogens with one attached hydrogen (secondary N) is 1. The third-order valence-corrected chi connectivity index (χ3v) is 5.71. The number of nitrogens with two attached hydrogens (primary N) is 1. The summed E-state index contributed by atoms with van der Waals surface area (Å²) in [6, 6.07) is 20.9. The molecule has 0 saturated heterocycles. The topological polar surface area (TPSA) is 110 Å². The largest absolute Gasteiger partial charge is 0.493 e. The van der Waals surface area contributed by atoms with Crippen LogP contribution in [-0.4, -0.2) is 27.6 Å². The molecule has 0 aliphatic carbocycles. The van der Waals surface area contributed by atoms with Crippen LogP contribution >= 0.6 is 0 Å². The molecule has 0 bridgehead atoms. The van der Waals surface area contributed by atoms with Crippen molar-refractivity contribution >= 4 is 11.7 Å². The van der Waals surface area contributed by atoms with Gasteiger partial charge in [-0.25, -0.2) is 9.97 Å². The molecule has 7 nitrogen and oxygen atoms in total. The van der Waals surface area contributed by atoms with Crippen molar-refractivity contribution in [2.75, 3.05) is 12.3 Å². The standard InChI is InChI=1S/C28H28N4O3/c1-18-14-19(2)32-28(34)25(18)17-31-27(33)21-8-6-20(7-9-21)12-13-35-24-5-3-4-22(15-24)23-10-11-26(29)30-16-23/h3-11,14-16H,12-13,17H2,1-2H3,(H2,29,30)(H,31,33)(H,32,34). The molecule has 4 rings (SSSR count). The Labute approximate surface area is 204 Å². The van der Waals surface area contributed by atoms with Gasteiger partial charge in [0.25, 0.3) is 5.91 Å². The van der Waals surface area contributed by atoms with Gasteiger partial charge in [-0.3, -0.25) is 4.79 Å². The van der Waals surface area contributed by atoms with E-state index in [4.69, 9.17) is 10.5 Å². The van der Waals surface area contributed by atoms with Crippen molar-refractivity contribution in [2.45, 2.75) is 26.8 Å². The van der Waals surface area contributed by atoms with Crippen LogP contribution in [0.3, 0.4) is 0 Å². The van der Waals surface area contributed by atoms with E-state index >= 15 is 0 Å². The Morgan fingerprint density at radius 2 is 1.83 bits per heavy atom. The maximum atomic E-state index is 12.5. The fourth-order valence-corrected chi connectivity index (χ4v) is 3.78. The number of ether oxygens (including phenoxy) is 1. The summed E-state index contributed by atoms with van der Waals surface area (Å²) in [6.07, 6.45) is 2.45. The Kier molecular flexibility index (Phi) is 7.26. The van der Waals surface area contributed by atoms with E-state index in [1.165, 1.54) is 0 Å². The maximum absolute atomic E-state index is 12.5. The zero-order valence-corrected chi connectivity index (χ0v) is 19.8. The molecule has 2 aromatic carbocycles. The highest BCUT2D eigenvalue weighted by Gasteiger charge is 2.11. The molecule has 2 heterocycles. The van der Waals surface area contributed by atoms with Gasteiger partial charge in [0.15, 0.2) is 0 Å². The number of hydrogen-bond acceptors (Lipinski definition) is 6. The summed E-state index contributed by atoms with van der Waals surface area (Å²) in [7, 11) is 0. The van der Waals surface area contributed by atoms with Crippen LogP contribution < -0.4 is 15.8 Å². The molecule has 4 N–H and O–H groups in total. The molecule has 0 aliphatic rings. The third kappa shape index (κ3) is 6.14. The van der Waals surface area contributed by atoms with Gasteiger partial charge in [-0.05, 0) is 73.0 Å². The molecule has 4 aromatic rings. The summed E-state index contributed by atoms with van der Waals surface area (Å²) in [4.78, 5) is 20.7. The van der Waals surface area contributed by atoms with Crippen LogP contribution in [0.1, 0.15) is 32.7 Å². The number of carbonyl (C=O) groups excluding carboxylic acids is 1. The molecular formula is C28H28N4O3. The number of aryl methyl sites for hydroxylation is 2. The molecule has 7 heteroatoms. The zero-order valence-electron chi connectivity index (χ0n) is 19.8. The normalized spacial score (nSPS) is 10.7. The molecule has 0 saturated carbocycles. The molecule has 0 unspecified atom stereocenters. The van der Waals surface area contributed by atoms with Crippen LogP contribution in [0.4, 0.5) is 5.82 Å². The van der Waals surface area contributed by atoms with Crippen molar-refractivity contribution in [3.63, 3.8) is 0 Å². The minimum absolute atomic E-state index is 0.0474. The van der Waals surface area contributed by atoms with Gasteiger partial charge in [-0.1, -0.05) is 24.3 Å². The van der Waals surface area contributed by atoms with Crippen molar-refractivity contribution in [3.8, 4) is 22.8 Å². The van der Waals surface area contributed by atoms with E-state index in [2.05, 4.69) is 15.3 Å². The van der Waals surface area contributed by atoms with Crippen LogP contribution in [-0.2, 0) is 13.0 Å². The van der Waals surface area contributed by atoms with E-state index < -0.39 is 0 Å². The first-order valence-electron chi connectivity index (χ1n) is 11.4. The Bertz CT molecular complexity index is 1300. The lowest BCUT2D eigenvalue weighted by atomic mass is 10.1. The van der Waals surface area contributed by atoms with Crippen molar-refractivity contribution in [1.82, 2.24) is 15.3 Å². The molecule has 0 radical (unpaired) electrons. The average Bonchev–Trinajstić information content (AvgIpc) is 2.84. The second-order valence-electron chi connectivity index (χ2n) is 8.36. The van der Waals surface area contributed by atoms with E-state index in [1.807, 2.05) is 62.4 Å². The zero-order chi connectivity index (χ0) is 24.8. The SMILES string of the molecule is Cc1cc(C)c(CNC(=O)c2ccc(CCOc3cccc(-c4ccc(N)nc4)c3)cc2)c(O)n1. The van der Waals surface area contributed by atoms with Gasteiger partial charge in [-0.2, -0.15) is 0 Å². The molecule has 2 aromatic heterocycles. The molecule has 0 spiro atoms. The van der Waals surface area contributed by atoms with Crippen LogP contribution in [0.5, 0.6) is 11.6 Å². The molecule has 178 valence electrons. The average molecular weight is 469 g/mol. The van der Waals surface area contributed by atoms with Crippen LogP contribution in [0, 0.1) is 13.8 Å². The number of aromatic hydroxyl groups is 1. The molecule has 0 aliphatic heterocycles. The summed E-state index contributed by atoms with van der Waals surface area (Å²) >= 11 is 0. The van der Waals surface area contributed by atoms with Gasteiger partial charge in [0.2, 0.25) is 5.88 Å². The highest BCUT2D eigenvalue weighted by molar-refractivity contribution is 5.94. The van der Waals surface area contributed by atoms with Crippen LogP contribution in [0.15, 0.2) is 72.9 Å². The second-order valence-corrected chi connectivity index (χ2v) is 8.36. The van der Waals surface area contributed by atoms with Gasteiger partial charge < -0.3 is 20.9 Å². The first-order valence-corrected chi connectivity index (χ1v) is 11.4. The second kappa shape index (κ2) is 10.7. The quantitative estimate of drug-likeness (QED) is 0.349. The van der Waals surface area contributed by atoms with Gasteiger partial charge >= 0.3 is 0 Å². The van der Waals surface area contributed by atoms with Gasteiger partial charge in [0.1, 0.15) is 11.6 Å². The predicted molar refractivity (Wildman–Crippen MR) is 136 cm³/mol. The van der Waals surface area contributed by atoms with E-state index in [0.29, 0.717) is 30.0 Å². The molecule has 1 amide bonds. The Morgan fingerprint density at radius 3 is 2.54 bits per heavy atom. The summed E-state index contributed by atoms with van der Waals surface area (Å²) in [6.45, 7) is 4.43. The first kappa shape index (κ1) is 23.8. The van der Waals surface area contributed by atoms with Crippen LogP contribution in [0.25, 0.3) is 11.1 Å². The van der Waals surface area contributed by atoms with Crippen molar-refractivity contribution in [1.29, 1.82) is 0 Å². The number of rotatable bonds is 8. The van der Waals surface area contributed by atoms with Crippen molar-refractivity contribution < 1.29 is 14.6 Å². The van der Waals surface area contributed by atoms with Crippen molar-refractivity contribution in [2.24, 2.45) is 0 Å². The summed E-state index contributed by atoms with van der Waals surface area (Å²) in [5.74, 6) is 1.01. The first-order chi connectivity index (χ1) is 16.9. The number of nitrogens with zero attached hydrogens (tertiary/aromatic N) is 2. The number of carbonyl (C=O) groups is 1. The third-order valence-electron chi connectivity index (χ3n) is 5.71. The van der Waals surface area contributed by atoms with E-state index in [1.54, 1.807) is 24.4 Å². The fourth-order valence-electron chi connectivity index (χ4n) is 3.78. The fraction of sp³-hybridized carbons (Fsp3) is 0.179. The lowest BCUT2D eigenvalue weighted by Crippen LogP contribution is -2.23. The van der Waals surface area contributed by atoms with E-state index in [-0.39, 0.29) is 18.3 Å². The summed E-state index contributed by atoms with van der Waals surface area (Å²) < 4.78 is 5.94. The van der Waals surface area contributed by atoms with Crippen molar-refractivity contribution in [3.05, 3.63) is 101 Å². The number of nitrogen functional groups attached to an aromatic ring is 1. The van der Waals surface area contributed by atoms with E-state index in [9.17, 15) is 9.90 Å². The lowest BCUT2D eigenvalue weighted by Gasteiger charge is -2.11. The predicted octanol–water partition coefficient (Wildman–Crippen LogP) is 4.60. The summed E-state index contributed by atoms with van der Waals surface area (Å²) in [5.41, 5.74) is 11.5. The highest BCUT2D eigenvalue weighted by atomic mass is 16.5. The Balaban J connectivity index is 1.29. The molecular weight excluding hydrogens is 440 g/mol. The van der Waals surface area contributed by atoms with Crippen LogP contribution in [0.2, 0.25) is 0 Å².